The molecular weight excluding hydrogens is 196 g/mol. The summed E-state index contributed by atoms with van der Waals surface area (Å²) in [7, 11) is 0. The smallest absolute Gasteiger partial charge is 0.243 e. The number of amides is 2. The van der Waals surface area contributed by atoms with Crippen LogP contribution in [0, 0.1) is 0 Å². The van der Waals surface area contributed by atoms with E-state index in [1.54, 1.807) is 0 Å². The summed E-state index contributed by atoms with van der Waals surface area (Å²) in [6.45, 7) is 0. The SMILES string of the molecule is O=C1CCC(N[C@H]2CCC[C@@H]2O)C(=O)N1. The molecule has 1 saturated carbocycles. The standard InChI is InChI=1S/C10H16N2O3/c13-8-3-1-2-6(8)11-7-4-5-9(14)12-10(7)15/h6-8,11,13H,1-5H2,(H,12,14,15)/t6-,7?,8-/m0/s1. The van der Waals surface area contributed by atoms with Crippen LogP contribution in [-0.2, 0) is 9.59 Å². The van der Waals surface area contributed by atoms with Gasteiger partial charge in [0.25, 0.3) is 0 Å². The average Bonchev–Trinajstić information content (AvgIpc) is 2.57. The zero-order valence-corrected chi connectivity index (χ0v) is 8.53. The third-order valence-electron chi connectivity index (χ3n) is 3.13. The summed E-state index contributed by atoms with van der Waals surface area (Å²) >= 11 is 0. The predicted octanol–water partition coefficient (Wildman–Crippen LogP) is -0.705. The lowest BCUT2D eigenvalue weighted by atomic mass is 10.0. The summed E-state index contributed by atoms with van der Waals surface area (Å²) in [5.74, 6) is -0.463. The number of aliphatic hydroxyl groups is 1. The van der Waals surface area contributed by atoms with E-state index in [9.17, 15) is 14.7 Å². The highest BCUT2D eigenvalue weighted by Gasteiger charge is 2.32. The molecule has 15 heavy (non-hydrogen) atoms. The van der Waals surface area contributed by atoms with Gasteiger partial charge in [0.1, 0.15) is 0 Å². The quantitative estimate of drug-likeness (QED) is 0.529. The third kappa shape index (κ3) is 2.35. The first kappa shape index (κ1) is 10.6. The lowest BCUT2D eigenvalue weighted by molar-refractivity contribution is -0.135. The average molecular weight is 212 g/mol. The van der Waals surface area contributed by atoms with E-state index in [0.717, 1.165) is 19.3 Å². The molecule has 2 fully saturated rings. The molecule has 5 nitrogen and oxygen atoms in total. The Morgan fingerprint density at radius 1 is 1.27 bits per heavy atom. The summed E-state index contributed by atoms with van der Waals surface area (Å²) < 4.78 is 0. The van der Waals surface area contributed by atoms with E-state index >= 15 is 0 Å². The first-order valence-corrected chi connectivity index (χ1v) is 5.44. The number of piperidine rings is 1. The van der Waals surface area contributed by atoms with Crippen molar-refractivity contribution >= 4 is 11.8 Å². The normalized spacial score (nSPS) is 36.7. The highest BCUT2D eigenvalue weighted by Crippen LogP contribution is 2.20. The molecule has 84 valence electrons. The van der Waals surface area contributed by atoms with Gasteiger partial charge >= 0.3 is 0 Å². The van der Waals surface area contributed by atoms with Crippen LogP contribution in [-0.4, -0.2) is 35.1 Å². The Hall–Kier alpha value is -0.940. The summed E-state index contributed by atoms with van der Waals surface area (Å²) in [5, 5.41) is 15.0. The molecule has 0 aromatic heterocycles. The molecule has 0 aromatic rings. The number of rotatable bonds is 2. The van der Waals surface area contributed by atoms with Crippen molar-refractivity contribution in [1.29, 1.82) is 0 Å². The Kier molecular flexibility index (Phi) is 3.02. The zero-order valence-electron chi connectivity index (χ0n) is 8.53. The van der Waals surface area contributed by atoms with Crippen LogP contribution in [0.1, 0.15) is 32.1 Å². The van der Waals surface area contributed by atoms with Gasteiger partial charge in [0.2, 0.25) is 11.8 Å². The van der Waals surface area contributed by atoms with Crippen LogP contribution in [0.3, 0.4) is 0 Å². The molecule has 1 aliphatic heterocycles. The minimum absolute atomic E-state index is 0.00829. The van der Waals surface area contributed by atoms with Crippen LogP contribution >= 0.6 is 0 Å². The summed E-state index contributed by atoms with van der Waals surface area (Å²) in [5.41, 5.74) is 0. The molecular formula is C10H16N2O3. The second kappa shape index (κ2) is 4.28. The summed E-state index contributed by atoms with van der Waals surface area (Å²) in [6, 6.07) is -0.311. The van der Waals surface area contributed by atoms with E-state index < -0.39 is 0 Å². The fourth-order valence-electron chi connectivity index (χ4n) is 2.25. The van der Waals surface area contributed by atoms with Gasteiger partial charge in [0, 0.05) is 12.5 Å². The van der Waals surface area contributed by atoms with E-state index in [0.29, 0.717) is 12.8 Å². The summed E-state index contributed by atoms with van der Waals surface area (Å²) in [6.07, 6.45) is 3.26. The second-order valence-corrected chi connectivity index (χ2v) is 4.28. The van der Waals surface area contributed by atoms with Crippen LogP contribution in [0.5, 0.6) is 0 Å². The monoisotopic (exact) mass is 212 g/mol. The number of hydrogen-bond donors (Lipinski definition) is 3. The minimum Gasteiger partial charge on any atom is -0.392 e. The number of carbonyl (C=O) groups excluding carboxylic acids is 2. The van der Waals surface area contributed by atoms with E-state index in [-0.39, 0.29) is 30.0 Å². The first-order chi connectivity index (χ1) is 7.16. The number of aliphatic hydroxyl groups excluding tert-OH is 1. The molecule has 1 unspecified atom stereocenters. The predicted molar refractivity (Wildman–Crippen MR) is 53.0 cm³/mol. The molecule has 0 bridgehead atoms. The van der Waals surface area contributed by atoms with Crippen molar-refractivity contribution in [2.75, 3.05) is 0 Å². The molecule has 0 spiro atoms. The molecule has 2 aliphatic rings. The van der Waals surface area contributed by atoms with Gasteiger partial charge in [-0.15, -0.1) is 0 Å². The van der Waals surface area contributed by atoms with Gasteiger partial charge in [0.05, 0.1) is 12.1 Å². The van der Waals surface area contributed by atoms with E-state index in [2.05, 4.69) is 10.6 Å². The number of carbonyl (C=O) groups is 2. The molecule has 0 radical (unpaired) electrons. The molecule has 0 aromatic carbocycles. The molecule has 3 N–H and O–H groups in total. The van der Waals surface area contributed by atoms with Crippen molar-refractivity contribution in [2.45, 2.75) is 50.3 Å². The Morgan fingerprint density at radius 3 is 2.67 bits per heavy atom. The van der Waals surface area contributed by atoms with Gasteiger partial charge in [-0.2, -0.15) is 0 Å². The van der Waals surface area contributed by atoms with Crippen LogP contribution in [0.15, 0.2) is 0 Å². The number of nitrogens with one attached hydrogen (secondary N) is 2. The van der Waals surface area contributed by atoms with Crippen molar-refractivity contribution in [3.05, 3.63) is 0 Å². The van der Waals surface area contributed by atoms with Gasteiger partial charge < -0.3 is 10.4 Å². The van der Waals surface area contributed by atoms with Gasteiger partial charge in [-0.05, 0) is 25.7 Å². The largest absolute Gasteiger partial charge is 0.392 e. The Labute approximate surface area is 88.2 Å². The summed E-state index contributed by atoms with van der Waals surface area (Å²) in [4.78, 5) is 22.3. The van der Waals surface area contributed by atoms with Crippen molar-refractivity contribution in [1.82, 2.24) is 10.6 Å². The van der Waals surface area contributed by atoms with Crippen LogP contribution in [0.2, 0.25) is 0 Å². The van der Waals surface area contributed by atoms with Gasteiger partial charge in [-0.3, -0.25) is 14.9 Å². The fourth-order valence-corrected chi connectivity index (χ4v) is 2.25. The minimum atomic E-state index is -0.351. The van der Waals surface area contributed by atoms with Gasteiger partial charge in [0.15, 0.2) is 0 Å². The van der Waals surface area contributed by atoms with Crippen molar-refractivity contribution in [2.24, 2.45) is 0 Å². The Bertz CT molecular complexity index is 280. The Morgan fingerprint density at radius 2 is 2.07 bits per heavy atom. The topological polar surface area (TPSA) is 78.4 Å². The lowest BCUT2D eigenvalue weighted by Gasteiger charge is -2.26. The van der Waals surface area contributed by atoms with Crippen LogP contribution in [0.4, 0.5) is 0 Å². The van der Waals surface area contributed by atoms with Crippen molar-refractivity contribution in [3.63, 3.8) is 0 Å². The molecule has 2 rings (SSSR count). The molecule has 2 amide bonds. The highest BCUT2D eigenvalue weighted by molar-refractivity contribution is 6.00. The van der Waals surface area contributed by atoms with Gasteiger partial charge in [-0.1, -0.05) is 0 Å². The molecule has 1 heterocycles. The van der Waals surface area contributed by atoms with Gasteiger partial charge in [-0.25, -0.2) is 0 Å². The zero-order chi connectivity index (χ0) is 10.8. The van der Waals surface area contributed by atoms with Crippen molar-refractivity contribution < 1.29 is 14.7 Å². The Balaban J connectivity index is 1.88. The molecule has 1 saturated heterocycles. The van der Waals surface area contributed by atoms with E-state index in [4.69, 9.17) is 0 Å². The number of hydrogen-bond acceptors (Lipinski definition) is 4. The maximum absolute atomic E-state index is 11.4. The van der Waals surface area contributed by atoms with E-state index in [1.807, 2.05) is 0 Å². The molecule has 1 aliphatic carbocycles. The van der Waals surface area contributed by atoms with Crippen molar-refractivity contribution in [3.8, 4) is 0 Å². The maximum atomic E-state index is 11.4. The highest BCUT2D eigenvalue weighted by atomic mass is 16.3. The molecule has 3 atom stereocenters. The molecule has 5 heteroatoms. The van der Waals surface area contributed by atoms with Crippen LogP contribution < -0.4 is 10.6 Å². The van der Waals surface area contributed by atoms with Crippen LogP contribution in [0.25, 0.3) is 0 Å². The maximum Gasteiger partial charge on any atom is 0.243 e. The number of imide groups is 1. The van der Waals surface area contributed by atoms with E-state index in [1.165, 1.54) is 0 Å². The second-order valence-electron chi connectivity index (χ2n) is 4.28. The first-order valence-electron chi connectivity index (χ1n) is 5.44. The third-order valence-corrected chi connectivity index (χ3v) is 3.13. The lowest BCUT2D eigenvalue weighted by Crippen LogP contribution is -2.54. The fraction of sp³-hybridized carbons (Fsp3) is 0.800.